The molecule has 0 radical (unpaired) electrons. The second kappa shape index (κ2) is 12.7. The number of aromatic nitrogens is 2. The molecule has 0 aliphatic rings. The van der Waals surface area contributed by atoms with Crippen molar-refractivity contribution in [3.05, 3.63) is 54.6 Å². The lowest BCUT2D eigenvalue weighted by Crippen LogP contribution is -2.44. The Bertz CT molecular complexity index is 610. The number of benzene rings is 1. The SMILES string of the molecule is CCN(CC)C(CNC(=NC)NCCn1ccnc1)c1ccccc1.I. The normalized spacial score (nSPS) is 12.5. The zero-order chi connectivity index (χ0) is 17.9. The van der Waals surface area contributed by atoms with Gasteiger partial charge >= 0.3 is 0 Å². The molecule has 7 heteroatoms. The summed E-state index contributed by atoms with van der Waals surface area (Å²) in [5, 5.41) is 6.83. The van der Waals surface area contributed by atoms with E-state index in [1.807, 2.05) is 24.1 Å². The lowest BCUT2D eigenvalue weighted by atomic mass is 10.1. The molecule has 1 heterocycles. The molecule has 0 saturated carbocycles. The van der Waals surface area contributed by atoms with Crippen molar-refractivity contribution in [2.45, 2.75) is 26.4 Å². The monoisotopic (exact) mass is 470 g/mol. The summed E-state index contributed by atoms with van der Waals surface area (Å²) in [7, 11) is 1.81. The summed E-state index contributed by atoms with van der Waals surface area (Å²) < 4.78 is 2.04. The largest absolute Gasteiger partial charge is 0.355 e. The van der Waals surface area contributed by atoms with Crippen molar-refractivity contribution in [3.8, 4) is 0 Å². The fourth-order valence-corrected chi connectivity index (χ4v) is 2.93. The van der Waals surface area contributed by atoms with Crippen molar-refractivity contribution in [2.24, 2.45) is 4.99 Å². The molecule has 1 aromatic carbocycles. The van der Waals surface area contributed by atoms with Crippen molar-refractivity contribution in [3.63, 3.8) is 0 Å². The van der Waals surface area contributed by atoms with E-state index in [1.54, 1.807) is 6.20 Å². The number of imidazole rings is 1. The molecule has 0 amide bonds. The van der Waals surface area contributed by atoms with Gasteiger partial charge in [-0.15, -0.1) is 24.0 Å². The molecule has 6 nitrogen and oxygen atoms in total. The first-order valence-corrected chi connectivity index (χ1v) is 8.97. The van der Waals surface area contributed by atoms with Crippen molar-refractivity contribution < 1.29 is 0 Å². The third-order valence-electron chi connectivity index (χ3n) is 4.35. The van der Waals surface area contributed by atoms with Gasteiger partial charge < -0.3 is 15.2 Å². The minimum atomic E-state index is 0. The Balaban J connectivity index is 0.00000338. The minimum absolute atomic E-state index is 0. The second-order valence-corrected chi connectivity index (χ2v) is 5.83. The molecule has 1 atom stereocenters. The van der Waals surface area contributed by atoms with Gasteiger partial charge in [-0.2, -0.15) is 0 Å². The quantitative estimate of drug-likeness (QED) is 0.336. The van der Waals surface area contributed by atoms with Crippen LogP contribution >= 0.6 is 24.0 Å². The van der Waals surface area contributed by atoms with E-state index in [0.717, 1.165) is 38.7 Å². The van der Waals surface area contributed by atoms with E-state index in [2.05, 4.69) is 69.7 Å². The molecule has 1 aromatic heterocycles. The molecule has 0 fully saturated rings. The van der Waals surface area contributed by atoms with Gasteiger partial charge in [0.15, 0.2) is 5.96 Å². The standard InChI is InChI=1S/C19H30N6.HI/c1-4-25(5-2)18(17-9-7-6-8-10-17)15-23-19(20-3)22-12-14-24-13-11-21-16-24;/h6-11,13,16,18H,4-5,12,14-15H2,1-3H3,(H2,20,22,23);1H. The number of hydrogen-bond donors (Lipinski definition) is 2. The number of hydrogen-bond acceptors (Lipinski definition) is 3. The molecule has 2 rings (SSSR count). The van der Waals surface area contributed by atoms with E-state index in [-0.39, 0.29) is 24.0 Å². The van der Waals surface area contributed by atoms with Crippen LogP contribution in [-0.4, -0.2) is 53.6 Å². The van der Waals surface area contributed by atoms with Gasteiger partial charge in [-0.3, -0.25) is 9.89 Å². The van der Waals surface area contributed by atoms with Crippen molar-refractivity contribution in [2.75, 3.05) is 33.2 Å². The third-order valence-corrected chi connectivity index (χ3v) is 4.35. The molecule has 26 heavy (non-hydrogen) atoms. The molecule has 2 aromatic rings. The molecule has 1 unspecified atom stereocenters. The van der Waals surface area contributed by atoms with Crippen molar-refractivity contribution in [1.82, 2.24) is 25.1 Å². The highest BCUT2D eigenvalue weighted by Crippen LogP contribution is 2.19. The van der Waals surface area contributed by atoms with Gasteiger partial charge in [0.1, 0.15) is 0 Å². The Morgan fingerprint density at radius 1 is 1.19 bits per heavy atom. The van der Waals surface area contributed by atoms with Crippen LogP contribution in [0.4, 0.5) is 0 Å². The van der Waals surface area contributed by atoms with Crippen molar-refractivity contribution >= 4 is 29.9 Å². The average molecular weight is 470 g/mol. The van der Waals surface area contributed by atoms with Crippen LogP contribution in [-0.2, 0) is 6.54 Å². The van der Waals surface area contributed by atoms with Gasteiger partial charge in [-0.1, -0.05) is 44.2 Å². The maximum absolute atomic E-state index is 4.33. The average Bonchev–Trinajstić information content (AvgIpc) is 3.17. The van der Waals surface area contributed by atoms with Crippen LogP contribution < -0.4 is 10.6 Å². The smallest absolute Gasteiger partial charge is 0.191 e. The zero-order valence-electron chi connectivity index (χ0n) is 15.9. The molecule has 0 aliphatic heterocycles. The maximum Gasteiger partial charge on any atom is 0.191 e. The molecule has 0 aliphatic carbocycles. The van der Waals surface area contributed by atoms with Gasteiger partial charge in [-0.25, -0.2) is 4.98 Å². The number of rotatable bonds is 9. The summed E-state index contributed by atoms with van der Waals surface area (Å²) in [6.07, 6.45) is 5.58. The molecule has 0 spiro atoms. The minimum Gasteiger partial charge on any atom is -0.355 e. The molecular formula is C19H31IN6. The van der Waals surface area contributed by atoms with E-state index in [4.69, 9.17) is 0 Å². The van der Waals surface area contributed by atoms with Gasteiger partial charge in [0.25, 0.3) is 0 Å². The summed E-state index contributed by atoms with van der Waals surface area (Å²) >= 11 is 0. The first-order valence-electron chi connectivity index (χ1n) is 8.97. The Labute approximate surface area is 174 Å². The van der Waals surface area contributed by atoms with E-state index in [1.165, 1.54) is 5.56 Å². The lowest BCUT2D eigenvalue weighted by molar-refractivity contribution is 0.219. The van der Waals surface area contributed by atoms with Gasteiger partial charge in [0.05, 0.1) is 12.4 Å². The van der Waals surface area contributed by atoms with Crippen LogP contribution in [0.1, 0.15) is 25.5 Å². The number of aliphatic imine (C=N–C) groups is 1. The number of nitrogens with zero attached hydrogens (tertiary/aromatic N) is 4. The summed E-state index contributed by atoms with van der Waals surface area (Å²) in [6, 6.07) is 11.0. The van der Waals surface area contributed by atoms with Crippen LogP contribution in [0.5, 0.6) is 0 Å². The zero-order valence-corrected chi connectivity index (χ0v) is 18.3. The predicted octanol–water partition coefficient (Wildman–Crippen LogP) is 2.75. The van der Waals surface area contributed by atoms with E-state index in [0.29, 0.717) is 6.04 Å². The van der Waals surface area contributed by atoms with Gasteiger partial charge in [-0.05, 0) is 18.7 Å². The van der Waals surface area contributed by atoms with Crippen LogP contribution in [0.3, 0.4) is 0 Å². The summed E-state index contributed by atoms with van der Waals surface area (Å²) in [6.45, 7) is 8.93. The van der Waals surface area contributed by atoms with E-state index in [9.17, 15) is 0 Å². The first kappa shape index (κ1) is 22.4. The summed E-state index contributed by atoms with van der Waals surface area (Å²) in [5.41, 5.74) is 1.33. The maximum atomic E-state index is 4.33. The highest BCUT2D eigenvalue weighted by Gasteiger charge is 2.17. The second-order valence-electron chi connectivity index (χ2n) is 5.83. The Kier molecular flexibility index (Phi) is 11.0. The highest BCUT2D eigenvalue weighted by molar-refractivity contribution is 14.0. The summed E-state index contributed by atoms with van der Waals surface area (Å²) in [5.74, 6) is 0.827. The van der Waals surface area contributed by atoms with Crippen LogP contribution in [0.2, 0.25) is 0 Å². The van der Waals surface area contributed by atoms with Gasteiger partial charge in [0, 0.05) is 39.1 Å². The third kappa shape index (κ3) is 6.95. The number of guanidine groups is 1. The molecular weight excluding hydrogens is 439 g/mol. The first-order chi connectivity index (χ1) is 12.3. The van der Waals surface area contributed by atoms with Crippen LogP contribution in [0, 0.1) is 0 Å². The molecule has 0 bridgehead atoms. The highest BCUT2D eigenvalue weighted by atomic mass is 127. The Morgan fingerprint density at radius 2 is 1.92 bits per heavy atom. The van der Waals surface area contributed by atoms with Crippen molar-refractivity contribution in [1.29, 1.82) is 0 Å². The Morgan fingerprint density at radius 3 is 2.50 bits per heavy atom. The summed E-state index contributed by atoms with van der Waals surface area (Å²) in [4.78, 5) is 10.8. The van der Waals surface area contributed by atoms with E-state index < -0.39 is 0 Å². The van der Waals surface area contributed by atoms with Crippen LogP contribution in [0.25, 0.3) is 0 Å². The van der Waals surface area contributed by atoms with E-state index >= 15 is 0 Å². The predicted molar refractivity (Wildman–Crippen MR) is 119 cm³/mol. The van der Waals surface area contributed by atoms with Crippen LogP contribution in [0.15, 0.2) is 54.0 Å². The molecule has 144 valence electrons. The number of nitrogens with one attached hydrogen (secondary N) is 2. The molecule has 2 N–H and O–H groups in total. The topological polar surface area (TPSA) is 57.5 Å². The molecule has 0 saturated heterocycles. The lowest BCUT2D eigenvalue weighted by Gasteiger charge is -2.30. The number of likely N-dealkylation sites (N-methyl/N-ethyl adjacent to an activating group) is 1. The van der Waals surface area contributed by atoms with Gasteiger partial charge in [0.2, 0.25) is 0 Å². The number of halogens is 1. The fourth-order valence-electron chi connectivity index (χ4n) is 2.93. The fraction of sp³-hybridized carbons (Fsp3) is 0.474. The Hall–Kier alpha value is -1.61.